The summed E-state index contributed by atoms with van der Waals surface area (Å²) in [6, 6.07) is 0. The van der Waals surface area contributed by atoms with Crippen LogP contribution < -0.4 is 11.3 Å². The molecule has 0 fully saturated rings. The molecule has 21 heavy (non-hydrogen) atoms. The van der Waals surface area contributed by atoms with E-state index in [9.17, 15) is 0 Å². The third-order valence-electron chi connectivity index (χ3n) is 3.45. The van der Waals surface area contributed by atoms with E-state index in [-0.39, 0.29) is 0 Å². The number of aryl methyl sites for hydroxylation is 1. The molecule has 2 heterocycles. The number of nitrogen functional groups attached to an aromatic ring is 1. The fourth-order valence-electron chi connectivity index (χ4n) is 2.14. The Balaban J connectivity index is 2.00. The Morgan fingerprint density at radius 2 is 2.10 bits per heavy atom. The summed E-state index contributed by atoms with van der Waals surface area (Å²) >= 11 is 1.84. The van der Waals surface area contributed by atoms with Crippen LogP contribution in [-0.4, -0.2) is 50.0 Å². The van der Waals surface area contributed by atoms with Gasteiger partial charge in [-0.15, -0.1) is 0 Å². The van der Waals surface area contributed by atoms with Crippen LogP contribution in [-0.2, 0) is 12.8 Å². The van der Waals surface area contributed by atoms with Crippen LogP contribution in [0.25, 0.3) is 11.0 Å². The molecule has 8 heteroatoms. The Bertz CT molecular complexity index is 579. The number of nitrogens with zero attached hydrogens (tertiary/aromatic N) is 5. The topological polar surface area (TPSA) is 84.9 Å². The van der Waals surface area contributed by atoms with Gasteiger partial charge in [-0.3, -0.25) is 4.68 Å². The van der Waals surface area contributed by atoms with Crippen LogP contribution in [0.15, 0.2) is 6.20 Å². The molecule has 0 spiro atoms. The first-order chi connectivity index (χ1) is 10.2. The van der Waals surface area contributed by atoms with Gasteiger partial charge >= 0.3 is 0 Å². The third-order valence-corrected chi connectivity index (χ3v) is 4.39. The molecule has 0 aliphatic heterocycles. The van der Waals surface area contributed by atoms with Crippen molar-refractivity contribution in [2.75, 3.05) is 30.8 Å². The average molecular weight is 309 g/mol. The second kappa shape index (κ2) is 7.58. The molecule has 0 radical (unpaired) electrons. The lowest BCUT2D eigenvalue weighted by Gasteiger charge is -2.17. The first-order valence-electron chi connectivity index (χ1n) is 7.14. The van der Waals surface area contributed by atoms with Crippen LogP contribution >= 0.6 is 11.8 Å². The lowest BCUT2D eigenvalue weighted by Crippen LogP contribution is -2.25. The van der Waals surface area contributed by atoms with E-state index in [0.717, 1.165) is 48.0 Å². The van der Waals surface area contributed by atoms with E-state index < -0.39 is 0 Å². The van der Waals surface area contributed by atoms with E-state index in [2.05, 4.69) is 39.2 Å². The van der Waals surface area contributed by atoms with Crippen LogP contribution in [0.1, 0.15) is 19.7 Å². The molecule has 2 aromatic heterocycles. The zero-order chi connectivity index (χ0) is 15.2. The highest BCUT2D eigenvalue weighted by atomic mass is 32.2. The predicted molar refractivity (Wildman–Crippen MR) is 88.1 cm³/mol. The molecule has 7 nitrogen and oxygen atoms in total. The molecule has 0 amide bonds. The molecule has 0 atom stereocenters. The fraction of sp³-hybridized carbons (Fsp3) is 0.615. The number of nitrogens with one attached hydrogen (secondary N) is 1. The number of hydrazine groups is 1. The number of nitrogens with two attached hydrogens (primary N) is 1. The Morgan fingerprint density at radius 1 is 1.33 bits per heavy atom. The largest absolute Gasteiger partial charge is 0.308 e. The van der Waals surface area contributed by atoms with Gasteiger partial charge in [0.05, 0.1) is 17.3 Å². The molecule has 3 N–H and O–H groups in total. The summed E-state index contributed by atoms with van der Waals surface area (Å²) in [5.41, 5.74) is 3.43. The zero-order valence-corrected chi connectivity index (χ0v) is 13.7. The Morgan fingerprint density at radius 3 is 2.76 bits per heavy atom. The van der Waals surface area contributed by atoms with Gasteiger partial charge < -0.3 is 10.3 Å². The first-order valence-corrected chi connectivity index (χ1v) is 8.30. The van der Waals surface area contributed by atoms with Crippen molar-refractivity contribution in [1.29, 1.82) is 0 Å². The van der Waals surface area contributed by atoms with Crippen molar-refractivity contribution in [1.82, 2.24) is 24.6 Å². The summed E-state index contributed by atoms with van der Waals surface area (Å²) in [4.78, 5) is 11.4. The molecule has 0 unspecified atom stereocenters. The maximum atomic E-state index is 5.53. The van der Waals surface area contributed by atoms with Crippen LogP contribution in [0.5, 0.6) is 0 Å². The minimum atomic E-state index is 0.632. The SMILES string of the molecule is CCN(CC)CCSCc1nc(NN)c2cnn(C)c2n1. The zero-order valence-electron chi connectivity index (χ0n) is 12.8. The molecule has 0 aliphatic rings. The normalized spacial score (nSPS) is 11.5. The highest BCUT2D eigenvalue weighted by Gasteiger charge is 2.10. The second-order valence-corrected chi connectivity index (χ2v) is 5.82. The number of rotatable bonds is 8. The summed E-state index contributed by atoms with van der Waals surface area (Å²) in [5, 5.41) is 5.04. The summed E-state index contributed by atoms with van der Waals surface area (Å²) in [7, 11) is 1.87. The molecular formula is C13H23N7S. The quantitative estimate of drug-likeness (QED) is 0.431. The minimum Gasteiger partial charge on any atom is -0.308 e. The molecular weight excluding hydrogens is 286 g/mol. The molecule has 2 aromatic rings. The minimum absolute atomic E-state index is 0.632. The molecule has 2 rings (SSSR count). The van der Waals surface area contributed by atoms with E-state index in [1.807, 2.05) is 18.8 Å². The van der Waals surface area contributed by atoms with E-state index in [1.54, 1.807) is 10.9 Å². The number of hydrogen-bond acceptors (Lipinski definition) is 7. The Labute approximate surface area is 129 Å². The maximum Gasteiger partial charge on any atom is 0.163 e. The molecule has 116 valence electrons. The smallest absolute Gasteiger partial charge is 0.163 e. The van der Waals surface area contributed by atoms with Gasteiger partial charge in [0.1, 0.15) is 5.82 Å². The monoisotopic (exact) mass is 309 g/mol. The molecule has 0 saturated heterocycles. The van der Waals surface area contributed by atoms with Crippen molar-refractivity contribution in [3.63, 3.8) is 0 Å². The van der Waals surface area contributed by atoms with E-state index >= 15 is 0 Å². The van der Waals surface area contributed by atoms with Crippen LogP contribution in [0.2, 0.25) is 0 Å². The van der Waals surface area contributed by atoms with E-state index in [0.29, 0.717) is 5.82 Å². The molecule has 0 aliphatic carbocycles. The third kappa shape index (κ3) is 3.84. The Hall–Kier alpha value is -1.38. The summed E-state index contributed by atoms with van der Waals surface area (Å²) < 4.78 is 1.74. The maximum absolute atomic E-state index is 5.53. The van der Waals surface area contributed by atoms with Crippen molar-refractivity contribution >= 4 is 28.6 Å². The number of anilines is 1. The number of hydrogen-bond donors (Lipinski definition) is 2. The van der Waals surface area contributed by atoms with Crippen LogP contribution in [0.3, 0.4) is 0 Å². The van der Waals surface area contributed by atoms with Crippen LogP contribution in [0.4, 0.5) is 5.82 Å². The second-order valence-electron chi connectivity index (χ2n) is 4.72. The molecule has 0 bridgehead atoms. The fourth-order valence-corrected chi connectivity index (χ4v) is 2.98. The van der Waals surface area contributed by atoms with Gasteiger partial charge in [0.15, 0.2) is 11.5 Å². The van der Waals surface area contributed by atoms with Gasteiger partial charge in [-0.1, -0.05) is 13.8 Å². The first kappa shape index (κ1) is 16.0. The number of aromatic nitrogens is 4. The number of thioether (sulfide) groups is 1. The van der Waals surface area contributed by atoms with Crippen molar-refractivity contribution in [2.24, 2.45) is 12.9 Å². The van der Waals surface area contributed by atoms with Gasteiger partial charge in [0, 0.05) is 19.3 Å². The van der Waals surface area contributed by atoms with Gasteiger partial charge in [-0.05, 0) is 13.1 Å². The standard InChI is InChI=1S/C13H23N7S/c1-4-20(5-2)6-7-21-9-11-16-12(18-14)10-8-15-19(3)13(10)17-11/h8H,4-7,9,14H2,1-3H3,(H,16,17,18). The molecule has 0 aromatic carbocycles. The average Bonchev–Trinajstić information content (AvgIpc) is 2.88. The number of fused-ring (bicyclic) bond motifs is 1. The highest BCUT2D eigenvalue weighted by Crippen LogP contribution is 2.20. The highest BCUT2D eigenvalue weighted by molar-refractivity contribution is 7.98. The Kier molecular flexibility index (Phi) is 5.77. The van der Waals surface area contributed by atoms with Crippen molar-refractivity contribution in [3.8, 4) is 0 Å². The van der Waals surface area contributed by atoms with Gasteiger partial charge in [-0.25, -0.2) is 15.8 Å². The van der Waals surface area contributed by atoms with Crippen molar-refractivity contribution in [3.05, 3.63) is 12.0 Å². The van der Waals surface area contributed by atoms with Crippen LogP contribution in [0, 0.1) is 0 Å². The summed E-state index contributed by atoms with van der Waals surface area (Å²) in [6.07, 6.45) is 1.72. The summed E-state index contributed by atoms with van der Waals surface area (Å²) in [6.45, 7) is 7.65. The summed E-state index contributed by atoms with van der Waals surface area (Å²) in [5.74, 6) is 8.79. The van der Waals surface area contributed by atoms with E-state index in [4.69, 9.17) is 5.84 Å². The van der Waals surface area contributed by atoms with Gasteiger partial charge in [0.2, 0.25) is 0 Å². The van der Waals surface area contributed by atoms with Crippen molar-refractivity contribution in [2.45, 2.75) is 19.6 Å². The van der Waals surface area contributed by atoms with Gasteiger partial charge in [-0.2, -0.15) is 16.9 Å². The molecule has 0 saturated carbocycles. The lowest BCUT2D eigenvalue weighted by atomic mass is 10.4. The van der Waals surface area contributed by atoms with E-state index in [1.165, 1.54) is 0 Å². The van der Waals surface area contributed by atoms with Gasteiger partial charge in [0.25, 0.3) is 0 Å². The predicted octanol–water partition coefficient (Wildman–Crippen LogP) is 1.22. The lowest BCUT2D eigenvalue weighted by molar-refractivity contribution is 0.324. The van der Waals surface area contributed by atoms with Crippen molar-refractivity contribution < 1.29 is 0 Å².